The van der Waals surface area contributed by atoms with Crippen LogP contribution in [0.2, 0.25) is 0 Å². The van der Waals surface area contributed by atoms with E-state index in [0.29, 0.717) is 42.1 Å². The molecule has 0 saturated heterocycles. The molecule has 3 aromatic rings. The molecule has 0 aliphatic heterocycles. The van der Waals surface area contributed by atoms with Gasteiger partial charge in [-0.15, -0.1) is 17.0 Å². The Balaban J connectivity index is 0.00000243. The van der Waals surface area contributed by atoms with Gasteiger partial charge in [0.25, 0.3) is 5.91 Å². The van der Waals surface area contributed by atoms with Crippen LogP contribution >= 0.6 is 17.0 Å². The van der Waals surface area contributed by atoms with Gasteiger partial charge in [-0.25, -0.2) is 4.98 Å². The van der Waals surface area contributed by atoms with Gasteiger partial charge in [0, 0.05) is 24.2 Å². The van der Waals surface area contributed by atoms with E-state index >= 15 is 0 Å². The molecule has 0 bridgehead atoms. The molecule has 1 heterocycles. The Morgan fingerprint density at radius 2 is 1.81 bits per heavy atom. The summed E-state index contributed by atoms with van der Waals surface area (Å²) in [6, 6.07) is 14.1. The fraction of sp³-hybridized carbons (Fsp3) is 0.167. The topological polar surface area (TPSA) is 116 Å². The monoisotopic (exact) mass is 417 g/mol. The molecule has 3 rings (SSSR count). The van der Waals surface area contributed by atoms with Gasteiger partial charge >= 0.3 is 0 Å². The SMILES string of the molecule is Br.NC(=O)c1ccc2c(c1)nc(N)n2CCCNC(=O)c1ccccc1. The number of hydrogen-bond donors (Lipinski definition) is 3. The van der Waals surface area contributed by atoms with E-state index in [4.69, 9.17) is 11.5 Å². The lowest BCUT2D eigenvalue weighted by Crippen LogP contribution is -2.25. The van der Waals surface area contributed by atoms with Crippen LogP contribution in [0, 0.1) is 0 Å². The number of nitrogens with two attached hydrogens (primary N) is 2. The van der Waals surface area contributed by atoms with E-state index in [0.717, 1.165) is 5.52 Å². The molecular weight excluding hydrogens is 398 g/mol. The number of aryl methyl sites for hydroxylation is 1. The number of nitrogens with one attached hydrogen (secondary N) is 1. The van der Waals surface area contributed by atoms with Gasteiger partial charge in [-0.1, -0.05) is 18.2 Å². The van der Waals surface area contributed by atoms with Crippen molar-refractivity contribution in [1.29, 1.82) is 0 Å². The smallest absolute Gasteiger partial charge is 0.251 e. The molecule has 26 heavy (non-hydrogen) atoms. The van der Waals surface area contributed by atoms with Crippen LogP contribution in [-0.4, -0.2) is 27.9 Å². The van der Waals surface area contributed by atoms with Crippen molar-refractivity contribution in [2.24, 2.45) is 5.73 Å². The summed E-state index contributed by atoms with van der Waals surface area (Å²) in [5.74, 6) is -0.236. The van der Waals surface area contributed by atoms with Crippen molar-refractivity contribution in [1.82, 2.24) is 14.9 Å². The zero-order chi connectivity index (χ0) is 17.8. The number of carbonyl (C=O) groups is 2. The molecule has 0 saturated carbocycles. The van der Waals surface area contributed by atoms with Crippen LogP contribution in [0.1, 0.15) is 27.1 Å². The minimum absolute atomic E-state index is 0. The first-order valence-corrected chi connectivity index (χ1v) is 7.95. The third kappa shape index (κ3) is 4.20. The van der Waals surface area contributed by atoms with Crippen molar-refractivity contribution in [2.45, 2.75) is 13.0 Å². The minimum atomic E-state index is -0.501. The van der Waals surface area contributed by atoms with Gasteiger partial charge < -0.3 is 21.4 Å². The summed E-state index contributed by atoms with van der Waals surface area (Å²) in [6.07, 6.45) is 0.700. The molecule has 0 aliphatic rings. The van der Waals surface area contributed by atoms with Crippen LogP contribution in [-0.2, 0) is 6.54 Å². The number of halogens is 1. The molecule has 2 aromatic carbocycles. The summed E-state index contributed by atoms with van der Waals surface area (Å²) < 4.78 is 1.86. The summed E-state index contributed by atoms with van der Waals surface area (Å²) in [5.41, 5.74) is 13.7. The first-order valence-electron chi connectivity index (χ1n) is 7.95. The molecule has 0 fully saturated rings. The van der Waals surface area contributed by atoms with Gasteiger partial charge in [0.1, 0.15) is 0 Å². The quantitative estimate of drug-likeness (QED) is 0.532. The maximum atomic E-state index is 12.0. The second-order valence-electron chi connectivity index (χ2n) is 5.66. The van der Waals surface area contributed by atoms with E-state index in [1.807, 2.05) is 22.8 Å². The molecular formula is C18H20BrN5O2. The fourth-order valence-corrected chi connectivity index (χ4v) is 2.67. The lowest BCUT2D eigenvalue weighted by atomic mass is 10.2. The maximum Gasteiger partial charge on any atom is 0.251 e. The van der Waals surface area contributed by atoms with E-state index in [1.54, 1.807) is 30.3 Å². The average molecular weight is 418 g/mol. The summed E-state index contributed by atoms with van der Waals surface area (Å²) in [6.45, 7) is 1.12. The summed E-state index contributed by atoms with van der Waals surface area (Å²) >= 11 is 0. The van der Waals surface area contributed by atoms with Crippen LogP contribution in [0.4, 0.5) is 5.95 Å². The number of anilines is 1. The average Bonchev–Trinajstić information content (AvgIpc) is 2.93. The van der Waals surface area contributed by atoms with Crippen molar-refractivity contribution in [2.75, 3.05) is 12.3 Å². The Hall–Kier alpha value is -2.87. The second kappa shape index (κ2) is 8.48. The fourth-order valence-electron chi connectivity index (χ4n) is 2.67. The van der Waals surface area contributed by atoms with E-state index in [9.17, 15) is 9.59 Å². The molecule has 0 spiro atoms. The number of hydrogen-bond acceptors (Lipinski definition) is 4. The number of nitrogen functional groups attached to an aromatic ring is 1. The number of imidazole rings is 1. The van der Waals surface area contributed by atoms with Crippen molar-refractivity contribution in [3.8, 4) is 0 Å². The lowest BCUT2D eigenvalue weighted by Gasteiger charge is -2.08. The van der Waals surface area contributed by atoms with Crippen LogP contribution < -0.4 is 16.8 Å². The molecule has 8 heteroatoms. The number of carbonyl (C=O) groups excluding carboxylic acids is 2. The molecule has 0 atom stereocenters. The zero-order valence-corrected chi connectivity index (χ0v) is 15.7. The third-order valence-corrected chi connectivity index (χ3v) is 3.94. The highest BCUT2D eigenvalue weighted by atomic mass is 79.9. The van der Waals surface area contributed by atoms with Gasteiger partial charge in [-0.05, 0) is 36.8 Å². The molecule has 0 aliphatic carbocycles. The van der Waals surface area contributed by atoms with Crippen LogP contribution in [0.25, 0.3) is 11.0 Å². The Bertz CT molecular complexity index is 924. The van der Waals surface area contributed by atoms with Crippen molar-refractivity contribution in [3.05, 3.63) is 59.7 Å². The maximum absolute atomic E-state index is 12.0. The molecule has 0 radical (unpaired) electrons. The van der Waals surface area contributed by atoms with Gasteiger partial charge in [-0.2, -0.15) is 0 Å². The van der Waals surface area contributed by atoms with Crippen LogP contribution in [0.3, 0.4) is 0 Å². The van der Waals surface area contributed by atoms with Crippen molar-refractivity contribution in [3.63, 3.8) is 0 Å². The van der Waals surface area contributed by atoms with E-state index in [1.165, 1.54) is 0 Å². The van der Waals surface area contributed by atoms with Crippen molar-refractivity contribution < 1.29 is 9.59 Å². The zero-order valence-electron chi connectivity index (χ0n) is 14.0. The normalized spacial score (nSPS) is 10.3. The number of nitrogens with zero attached hydrogens (tertiary/aromatic N) is 2. The van der Waals surface area contributed by atoms with Gasteiger partial charge in [0.2, 0.25) is 11.9 Å². The highest BCUT2D eigenvalue weighted by Crippen LogP contribution is 2.19. The van der Waals surface area contributed by atoms with E-state index in [-0.39, 0.29) is 22.9 Å². The molecule has 136 valence electrons. The van der Waals surface area contributed by atoms with Gasteiger partial charge in [-0.3, -0.25) is 9.59 Å². The Labute approximate surface area is 161 Å². The lowest BCUT2D eigenvalue weighted by molar-refractivity contribution is 0.0951. The van der Waals surface area contributed by atoms with Crippen molar-refractivity contribution >= 4 is 45.8 Å². The predicted octanol–water partition coefficient (Wildman–Crippen LogP) is 2.12. The molecule has 0 unspecified atom stereocenters. The Kier molecular flexibility index (Phi) is 6.35. The number of aromatic nitrogens is 2. The number of fused-ring (bicyclic) bond motifs is 1. The largest absolute Gasteiger partial charge is 0.369 e. The Morgan fingerprint density at radius 3 is 2.50 bits per heavy atom. The molecule has 5 N–H and O–H groups in total. The number of amides is 2. The molecule has 7 nitrogen and oxygen atoms in total. The van der Waals surface area contributed by atoms with Crippen LogP contribution in [0.5, 0.6) is 0 Å². The highest BCUT2D eigenvalue weighted by molar-refractivity contribution is 8.93. The van der Waals surface area contributed by atoms with Gasteiger partial charge in [0.05, 0.1) is 11.0 Å². The van der Waals surface area contributed by atoms with Crippen LogP contribution in [0.15, 0.2) is 48.5 Å². The summed E-state index contributed by atoms with van der Waals surface area (Å²) in [4.78, 5) is 27.5. The predicted molar refractivity (Wildman–Crippen MR) is 106 cm³/mol. The second-order valence-corrected chi connectivity index (χ2v) is 5.66. The number of rotatable bonds is 6. The molecule has 1 aromatic heterocycles. The highest BCUT2D eigenvalue weighted by Gasteiger charge is 2.10. The first kappa shape index (κ1) is 19.5. The first-order chi connectivity index (χ1) is 12.1. The Morgan fingerprint density at radius 1 is 1.08 bits per heavy atom. The molecule has 2 amide bonds. The third-order valence-electron chi connectivity index (χ3n) is 3.94. The standard InChI is InChI=1S/C18H19N5O2.BrH/c19-16(24)13-7-8-15-14(11-13)22-18(20)23(15)10-4-9-21-17(25)12-5-2-1-3-6-12;/h1-3,5-8,11H,4,9-10H2,(H2,19,24)(H2,20,22)(H,21,25);1H. The number of primary amides is 1. The van der Waals surface area contributed by atoms with Gasteiger partial charge in [0.15, 0.2) is 0 Å². The van der Waals surface area contributed by atoms with E-state index < -0.39 is 5.91 Å². The van der Waals surface area contributed by atoms with E-state index in [2.05, 4.69) is 10.3 Å². The number of benzene rings is 2. The summed E-state index contributed by atoms with van der Waals surface area (Å²) in [5, 5.41) is 2.88. The minimum Gasteiger partial charge on any atom is -0.369 e. The summed E-state index contributed by atoms with van der Waals surface area (Å²) in [7, 11) is 0.